The van der Waals surface area contributed by atoms with Crippen LogP contribution >= 0.6 is 11.8 Å². The third-order valence-corrected chi connectivity index (χ3v) is 2.64. The molecule has 1 rings (SSSR count). The second-order valence-corrected chi connectivity index (χ2v) is 3.78. The smallest absolute Gasteiger partial charge is 0.288 e. The normalized spacial score (nSPS) is 17.2. The summed E-state index contributed by atoms with van der Waals surface area (Å²) in [5.74, 6) is 0.250. The molecule has 0 bridgehead atoms. The lowest BCUT2D eigenvalue weighted by Gasteiger charge is -2.12. The van der Waals surface area contributed by atoms with Gasteiger partial charge in [0.15, 0.2) is 0 Å². The van der Waals surface area contributed by atoms with Crippen LogP contribution in [0.3, 0.4) is 0 Å². The van der Waals surface area contributed by atoms with Crippen molar-refractivity contribution >= 4 is 22.9 Å². The predicted molar refractivity (Wildman–Crippen MR) is 52.7 cm³/mol. The van der Waals surface area contributed by atoms with Gasteiger partial charge in [0.05, 0.1) is 5.75 Å². The molecule has 1 aliphatic rings. The van der Waals surface area contributed by atoms with Crippen molar-refractivity contribution in [3.05, 3.63) is 0 Å². The Morgan fingerprint density at radius 1 is 1.46 bits per heavy atom. The van der Waals surface area contributed by atoms with E-state index in [0.29, 0.717) is 18.8 Å². The second-order valence-electron chi connectivity index (χ2n) is 2.85. The topological polar surface area (TPSA) is 49.4 Å². The van der Waals surface area contributed by atoms with Crippen molar-refractivity contribution in [3.63, 3.8) is 0 Å². The predicted octanol–water partition coefficient (Wildman–Crippen LogP) is 0.681. The number of amides is 2. The highest BCUT2D eigenvalue weighted by Crippen LogP contribution is 2.17. The molecule has 0 atom stereocenters. The summed E-state index contributed by atoms with van der Waals surface area (Å²) in [4.78, 5) is 23.5. The molecule has 5 heteroatoms. The van der Waals surface area contributed by atoms with E-state index in [1.807, 2.05) is 0 Å². The van der Waals surface area contributed by atoms with Gasteiger partial charge >= 0.3 is 0 Å². The van der Waals surface area contributed by atoms with Crippen LogP contribution in [0.5, 0.6) is 0 Å². The average molecular weight is 202 g/mol. The Bertz CT molecular complexity index is 192. The highest BCUT2D eigenvalue weighted by molar-refractivity contribution is 8.14. The van der Waals surface area contributed by atoms with Crippen molar-refractivity contribution in [2.45, 2.75) is 13.3 Å². The summed E-state index contributed by atoms with van der Waals surface area (Å²) in [5, 5.41) is 3.04. The molecule has 0 spiro atoms. The number of carbonyl (C=O) groups is 2. The standard InChI is InChI=1S/C8H14N2O2S/c1-2-3-9-4-5-10-7(11)6-13-8(10)12/h9H,2-6H2,1H3. The van der Waals surface area contributed by atoms with Crippen molar-refractivity contribution in [2.24, 2.45) is 0 Å². The Hall–Kier alpha value is -0.550. The van der Waals surface area contributed by atoms with Gasteiger partial charge in [0, 0.05) is 13.1 Å². The third-order valence-electron chi connectivity index (χ3n) is 1.78. The fourth-order valence-electron chi connectivity index (χ4n) is 1.09. The van der Waals surface area contributed by atoms with Gasteiger partial charge in [0.25, 0.3) is 5.24 Å². The molecule has 2 amide bonds. The van der Waals surface area contributed by atoms with Crippen LogP contribution < -0.4 is 5.32 Å². The van der Waals surface area contributed by atoms with E-state index < -0.39 is 0 Å². The van der Waals surface area contributed by atoms with Crippen LogP contribution in [0.1, 0.15) is 13.3 Å². The molecule has 0 unspecified atom stereocenters. The van der Waals surface area contributed by atoms with Gasteiger partial charge < -0.3 is 5.32 Å². The minimum Gasteiger partial charge on any atom is -0.315 e. The first kappa shape index (κ1) is 10.5. The van der Waals surface area contributed by atoms with E-state index >= 15 is 0 Å². The number of imide groups is 1. The van der Waals surface area contributed by atoms with Crippen LogP contribution in [-0.2, 0) is 4.79 Å². The summed E-state index contributed by atoms with van der Waals surface area (Å²) < 4.78 is 0. The highest BCUT2D eigenvalue weighted by Gasteiger charge is 2.28. The zero-order valence-electron chi connectivity index (χ0n) is 7.71. The number of carbonyl (C=O) groups excluding carboxylic acids is 2. The Kier molecular flexibility index (Phi) is 4.24. The van der Waals surface area contributed by atoms with Crippen molar-refractivity contribution in [1.29, 1.82) is 0 Å². The van der Waals surface area contributed by atoms with Crippen LogP contribution in [0.25, 0.3) is 0 Å². The van der Waals surface area contributed by atoms with Crippen molar-refractivity contribution in [3.8, 4) is 0 Å². The quantitative estimate of drug-likeness (QED) is 0.666. The largest absolute Gasteiger partial charge is 0.315 e. The molecule has 0 radical (unpaired) electrons. The van der Waals surface area contributed by atoms with Gasteiger partial charge in [-0.25, -0.2) is 0 Å². The number of rotatable bonds is 5. The fraction of sp³-hybridized carbons (Fsp3) is 0.750. The van der Waals surface area contributed by atoms with Crippen molar-refractivity contribution in [1.82, 2.24) is 10.2 Å². The Morgan fingerprint density at radius 3 is 2.77 bits per heavy atom. The summed E-state index contributed by atoms with van der Waals surface area (Å²) in [6.45, 7) is 4.22. The first-order valence-electron chi connectivity index (χ1n) is 4.43. The zero-order chi connectivity index (χ0) is 9.68. The van der Waals surface area contributed by atoms with E-state index in [1.165, 1.54) is 4.90 Å². The van der Waals surface area contributed by atoms with Gasteiger partial charge in [-0.1, -0.05) is 18.7 Å². The molecule has 0 aromatic heterocycles. The van der Waals surface area contributed by atoms with Gasteiger partial charge in [-0.15, -0.1) is 0 Å². The summed E-state index contributed by atoms with van der Waals surface area (Å²) in [6, 6.07) is 0. The number of nitrogens with one attached hydrogen (secondary N) is 1. The fourth-order valence-corrected chi connectivity index (χ4v) is 1.84. The van der Waals surface area contributed by atoms with Crippen molar-refractivity contribution in [2.75, 3.05) is 25.4 Å². The lowest BCUT2D eigenvalue weighted by molar-refractivity contribution is -0.124. The maximum absolute atomic E-state index is 11.1. The SMILES string of the molecule is CCCNCCN1C(=O)CSC1=O. The lowest BCUT2D eigenvalue weighted by Crippen LogP contribution is -2.35. The minimum atomic E-state index is -0.108. The Morgan fingerprint density at radius 2 is 2.23 bits per heavy atom. The molecule has 4 nitrogen and oxygen atoms in total. The summed E-state index contributed by atoms with van der Waals surface area (Å²) in [6.07, 6.45) is 1.07. The maximum Gasteiger partial charge on any atom is 0.288 e. The van der Waals surface area contributed by atoms with Gasteiger partial charge in [0.1, 0.15) is 0 Å². The molecule has 0 saturated carbocycles. The molecule has 0 aromatic carbocycles. The summed E-state index contributed by atoms with van der Waals surface area (Å²) >= 11 is 1.09. The molecular formula is C8H14N2O2S. The van der Waals surface area contributed by atoms with Gasteiger partial charge in [-0.2, -0.15) is 0 Å². The molecule has 74 valence electrons. The van der Waals surface area contributed by atoms with Gasteiger partial charge in [-0.3, -0.25) is 14.5 Å². The Balaban J connectivity index is 2.20. The van der Waals surface area contributed by atoms with E-state index in [9.17, 15) is 9.59 Å². The van der Waals surface area contributed by atoms with Crippen LogP contribution in [0.15, 0.2) is 0 Å². The summed E-state index contributed by atoms with van der Waals surface area (Å²) in [7, 11) is 0. The van der Waals surface area contributed by atoms with E-state index in [0.717, 1.165) is 24.7 Å². The van der Waals surface area contributed by atoms with E-state index in [1.54, 1.807) is 0 Å². The van der Waals surface area contributed by atoms with Crippen LogP contribution in [0, 0.1) is 0 Å². The molecule has 1 aliphatic heterocycles. The number of thioether (sulfide) groups is 1. The van der Waals surface area contributed by atoms with Crippen LogP contribution in [-0.4, -0.2) is 41.4 Å². The molecule has 0 aliphatic carbocycles. The molecular weight excluding hydrogens is 188 g/mol. The van der Waals surface area contributed by atoms with Crippen LogP contribution in [0.2, 0.25) is 0 Å². The highest BCUT2D eigenvalue weighted by atomic mass is 32.2. The second kappa shape index (κ2) is 5.24. The molecule has 1 fully saturated rings. The average Bonchev–Trinajstić information content (AvgIpc) is 2.42. The monoisotopic (exact) mass is 202 g/mol. The lowest BCUT2D eigenvalue weighted by atomic mass is 10.4. The number of hydrogen-bond donors (Lipinski definition) is 1. The molecule has 1 heterocycles. The molecule has 0 aromatic rings. The first-order chi connectivity index (χ1) is 6.25. The Labute approximate surface area is 82.0 Å². The molecule has 1 N–H and O–H groups in total. The maximum atomic E-state index is 11.1. The summed E-state index contributed by atoms with van der Waals surface area (Å²) in [5.41, 5.74) is 0. The third kappa shape index (κ3) is 3.00. The number of nitrogens with zero attached hydrogens (tertiary/aromatic N) is 1. The minimum absolute atomic E-state index is 0.0618. The van der Waals surface area contributed by atoms with Gasteiger partial charge in [0.2, 0.25) is 5.91 Å². The van der Waals surface area contributed by atoms with E-state index in [2.05, 4.69) is 12.2 Å². The molecule has 1 saturated heterocycles. The van der Waals surface area contributed by atoms with E-state index in [4.69, 9.17) is 0 Å². The van der Waals surface area contributed by atoms with Crippen LogP contribution in [0.4, 0.5) is 4.79 Å². The molecule has 13 heavy (non-hydrogen) atoms. The van der Waals surface area contributed by atoms with E-state index in [-0.39, 0.29) is 11.1 Å². The van der Waals surface area contributed by atoms with Gasteiger partial charge in [-0.05, 0) is 13.0 Å². The van der Waals surface area contributed by atoms with Crippen molar-refractivity contribution < 1.29 is 9.59 Å². The number of hydrogen-bond acceptors (Lipinski definition) is 4. The zero-order valence-corrected chi connectivity index (χ0v) is 8.52. The first-order valence-corrected chi connectivity index (χ1v) is 5.42.